The molecule has 0 bridgehead atoms. The highest BCUT2D eigenvalue weighted by molar-refractivity contribution is 7.84. The summed E-state index contributed by atoms with van der Waals surface area (Å²) in [5.41, 5.74) is -0.999. The summed E-state index contributed by atoms with van der Waals surface area (Å²) in [5, 5.41) is 21.9. The van der Waals surface area contributed by atoms with E-state index >= 15 is 0 Å². The van der Waals surface area contributed by atoms with Crippen LogP contribution in [0.4, 0.5) is 10.1 Å². The van der Waals surface area contributed by atoms with Crippen molar-refractivity contribution in [2.45, 2.75) is 50.5 Å². The number of non-ortho nitro benzene ring substituents is 1. The van der Waals surface area contributed by atoms with Crippen molar-refractivity contribution < 1.29 is 18.6 Å². The van der Waals surface area contributed by atoms with Crippen LogP contribution in [0, 0.1) is 15.9 Å². The van der Waals surface area contributed by atoms with Crippen LogP contribution in [-0.4, -0.2) is 19.0 Å². The molecule has 3 atom stereocenters. The summed E-state index contributed by atoms with van der Waals surface area (Å²) in [4.78, 5) is 10.6. The summed E-state index contributed by atoms with van der Waals surface area (Å²) in [6.07, 6.45) is -1.02. The Morgan fingerprint density at radius 1 is 1.18 bits per heavy atom. The number of nitro groups is 1. The first-order valence-electron chi connectivity index (χ1n) is 8.81. The van der Waals surface area contributed by atoms with Gasteiger partial charge in [-0.2, -0.15) is 0 Å². The van der Waals surface area contributed by atoms with Crippen molar-refractivity contribution in [3.63, 3.8) is 0 Å². The Morgan fingerprint density at radius 2 is 1.79 bits per heavy atom. The van der Waals surface area contributed by atoms with Crippen molar-refractivity contribution in [3.05, 3.63) is 75.6 Å². The summed E-state index contributed by atoms with van der Waals surface area (Å²) >= 11 is 0. The number of halogens is 1. The third-order valence-corrected chi connectivity index (χ3v) is 6.16. The van der Waals surface area contributed by atoms with Crippen LogP contribution in [0.3, 0.4) is 0 Å². The highest BCUT2D eigenvalue weighted by Gasteiger charge is 2.37. The molecule has 0 amide bonds. The lowest BCUT2D eigenvalue weighted by molar-refractivity contribution is -0.385. The number of rotatable bonds is 7. The molecule has 2 aromatic carbocycles. The lowest BCUT2D eigenvalue weighted by Gasteiger charge is -2.35. The van der Waals surface area contributed by atoms with Gasteiger partial charge in [-0.1, -0.05) is 30.3 Å². The van der Waals surface area contributed by atoms with E-state index in [-0.39, 0.29) is 17.7 Å². The first-order valence-corrected chi connectivity index (χ1v) is 9.96. The molecule has 0 aliphatic rings. The van der Waals surface area contributed by atoms with Crippen molar-refractivity contribution >= 4 is 16.7 Å². The van der Waals surface area contributed by atoms with E-state index in [0.717, 1.165) is 18.2 Å². The molecule has 2 aromatic rings. The third kappa shape index (κ3) is 5.21. The predicted molar refractivity (Wildman–Crippen MR) is 107 cm³/mol. The fourth-order valence-corrected chi connectivity index (χ4v) is 3.70. The van der Waals surface area contributed by atoms with Gasteiger partial charge in [0.2, 0.25) is 0 Å². The van der Waals surface area contributed by atoms with Gasteiger partial charge in [0.05, 0.1) is 32.3 Å². The number of benzene rings is 2. The maximum Gasteiger partial charge on any atom is 0.269 e. The van der Waals surface area contributed by atoms with E-state index in [0.29, 0.717) is 5.56 Å². The van der Waals surface area contributed by atoms with Crippen LogP contribution in [0.5, 0.6) is 0 Å². The van der Waals surface area contributed by atoms with E-state index in [1.807, 2.05) is 6.07 Å². The molecule has 0 fully saturated rings. The van der Waals surface area contributed by atoms with Gasteiger partial charge in [-0.05, 0) is 39.3 Å². The largest absolute Gasteiger partial charge is 0.388 e. The third-order valence-electron chi connectivity index (χ3n) is 4.42. The maximum atomic E-state index is 14.7. The SMILES string of the molecule is CC(C)(C)[S@@](=O)N[C@@](C)(C[C@@H](O)c1ccccc1)c1cc([N+](=O)[O-])ccc1F. The first kappa shape index (κ1) is 22.1. The van der Waals surface area contributed by atoms with E-state index in [1.165, 1.54) is 0 Å². The number of aliphatic hydroxyl groups is 1. The molecule has 0 radical (unpaired) electrons. The molecular weight excluding hydrogens is 383 g/mol. The molecule has 0 unspecified atom stereocenters. The van der Waals surface area contributed by atoms with Crippen LogP contribution in [0.1, 0.15) is 51.3 Å². The number of nitro benzene ring substituents is 1. The molecule has 0 heterocycles. The minimum Gasteiger partial charge on any atom is -0.388 e. The van der Waals surface area contributed by atoms with Gasteiger partial charge < -0.3 is 5.11 Å². The minimum absolute atomic E-state index is 0.0192. The van der Waals surface area contributed by atoms with Gasteiger partial charge in [0, 0.05) is 24.1 Å². The number of nitrogens with one attached hydrogen (secondary N) is 1. The molecular formula is C20H25FN2O4S. The fourth-order valence-electron chi connectivity index (χ4n) is 2.79. The van der Waals surface area contributed by atoms with Crippen LogP contribution >= 0.6 is 0 Å². The number of hydrogen-bond donors (Lipinski definition) is 2. The lowest BCUT2D eigenvalue weighted by atomic mass is 9.85. The van der Waals surface area contributed by atoms with Gasteiger partial charge in [0.25, 0.3) is 5.69 Å². The highest BCUT2D eigenvalue weighted by Crippen LogP contribution is 2.36. The standard InChI is InChI=1S/C20H25FN2O4S/c1-19(2,3)28(27)22-20(4,13-18(24)14-8-6-5-7-9-14)16-12-15(23(25)26)10-11-17(16)21/h5-12,18,22,24H,13H2,1-4H3/t18-,20+,28-/m1/s1. The van der Waals surface area contributed by atoms with E-state index < -0.39 is 38.1 Å². The topological polar surface area (TPSA) is 92.5 Å². The van der Waals surface area contributed by atoms with Crippen molar-refractivity contribution in [2.75, 3.05) is 0 Å². The second-order valence-corrected chi connectivity index (χ2v) is 9.83. The molecule has 28 heavy (non-hydrogen) atoms. The zero-order valence-corrected chi connectivity index (χ0v) is 17.1. The molecule has 2 N–H and O–H groups in total. The first-order chi connectivity index (χ1) is 12.9. The van der Waals surface area contributed by atoms with Crippen molar-refractivity contribution in [1.29, 1.82) is 0 Å². The van der Waals surface area contributed by atoms with Crippen molar-refractivity contribution in [1.82, 2.24) is 4.72 Å². The zero-order valence-electron chi connectivity index (χ0n) is 16.3. The molecule has 8 heteroatoms. The Kier molecular flexibility index (Phi) is 6.69. The van der Waals surface area contributed by atoms with E-state index in [2.05, 4.69) is 4.72 Å². The predicted octanol–water partition coefficient (Wildman–Crippen LogP) is 4.12. The van der Waals surface area contributed by atoms with E-state index in [1.54, 1.807) is 52.0 Å². The van der Waals surface area contributed by atoms with Crippen LogP contribution < -0.4 is 4.72 Å². The molecule has 6 nitrogen and oxygen atoms in total. The van der Waals surface area contributed by atoms with Gasteiger partial charge in [-0.25, -0.2) is 13.3 Å². The Hall–Kier alpha value is -2.16. The summed E-state index contributed by atoms with van der Waals surface area (Å²) in [6.45, 7) is 6.86. The second kappa shape index (κ2) is 8.46. The number of hydrogen-bond acceptors (Lipinski definition) is 4. The summed E-state index contributed by atoms with van der Waals surface area (Å²) < 4.78 is 29.7. The molecule has 0 aromatic heterocycles. The van der Waals surface area contributed by atoms with Gasteiger partial charge in [-0.15, -0.1) is 0 Å². The van der Waals surface area contributed by atoms with Crippen LogP contribution in [0.2, 0.25) is 0 Å². The molecule has 0 aliphatic carbocycles. The van der Waals surface area contributed by atoms with Crippen LogP contribution in [-0.2, 0) is 16.5 Å². The molecule has 0 spiro atoms. The number of aliphatic hydroxyl groups excluding tert-OH is 1. The van der Waals surface area contributed by atoms with Crippen LogP contribution in [0.25, 0.3) is 0 Å². The zero-order chi connectivity index (χ0) is 21.1. The molecule has 0 aliphatic heterocycles. The number of nitrogens with zero attached hydrogens (tertiary/aromatic N) is 1. The normalized spacial score (nSPS) is 16.2. The fraction of sp³-hybridized carbons (Fsp3) is 0.400. The van der Waals surface area contributed by atoms with Gasteiger partial charge in [0.1, 0.15) is 5.82 Å². The Labute approximate surface area is 166 Å². The van der Waals surface area contributed by atoms with Gasteiger partial charge in [-0.3, -0.25) is 10.1 Å². The summed E-state index contributed by atoms with van der Waals surface area (Å²) in [6, 6.07) is 12.0. The summed E-state index contributed by atoms with van der Waals surface area (Å²) in [7, 11) is -1.60. The highest BCUT2D eigenvalue weighted by atomic mass is 32.2. The lowest BCUT2D eigenvalue weighted by Crippen LogP contribution is -2.47. The quantitative estimate of drug-likeness (QED) is 0.532. The average Bonchev–Trinajstić information content (AvgIpc) is 2.61. The van der Waals surface area contributed by atoms with Gasteiger partial charge >= 0.3 is 0 Å². The molecule has 0 saturated carbocycles. The van der Waals surface area contributed by atoms with E-state index in [9.17, 15) is 23.8 Å². The van der Waals surface area contributed by atoms with E-state index in [4.69, 9.17) is 0 Å². The Bertz CT molecular complexity index is 870. The monoisotopic (exact) mass is 408 g/mol. The molecule has 152 valence electrons. The second-order valence-electron chi connectivity index (χ2n) is 7.87. The Morgan fingerprint density at radius 3 is 2.32 bits per heavy atom. The van der Waals surface area contributed by atoms with Crippen molar-refractivity contribution in [2.24, 2.45) is 0 Å². The molecule has 0 saturated heterocycles. The van der Waals surface area contributed by atoms with Crippen molar-refractivity contribution in [3.8, 4) is 0 Å². The molecule has 2 rings (SSSR count). The Balaban J connectivity index is 2.51. The van der Waals surface area contributed by atoms with Gasteiger partial charge in [0.15, 0.2) is 0 Å². The minimum atomic E-state index is -1.60. The maximum absolute atomic E-state index is 14.7. The summed E-state index contributed by atoms with van der Waals surface area (Å²) in [5.74, 6) is -0.674. The average molecular weight is 408 g/mol. The van der Waals surface area contributed by atoms with Crippen LogP contribution in [0.15, 0.2) is 48.5 Å². The smallest absolute Gasteiger partial charge is 0.269 e.